The lowest BCUT2D eigenvalue weighted by Crippen LogP contribution is -2.67. The van der Waals surface area contributed by atoms with Gasteiger partial charge in [-0.2, -0.15) is 0 Å². The van der Waals surface area contributed by atoms with Gasteiger partial charge in [-0.1, -0.05) is 45.9 Å². The van der Waals surface area contributed by atoms with Crippen molar-refractivity contribution in [2.75, 3.05) is 0 Å². The molecular formula is C22H31NO5SSi. The Morgan fingerprint density at radius 2 is 1.77 bits per heavy atom. The van der Waals surface area contributed by atoms with E-state index in [1.165, 1.54) is 4.90 Å². The van der Waals surface area contributed by atoms with Crippen LogP contribution in [-0.4, -0.2) is 49.1 Å². The largest absolute Gasteiger partial charge is 0.413 e. The average molecular weight is 450 g/mol. The number of carbonyl (C=O) groups is 3. The molecule has 1 aromatic carbocycles. The van der Waals surface area contributed by atoms with Gasteiger partial charge in [0.25, 0.3) is 0 Å². The third kappa shape index (κ3) is 3.97. The SMILES string of the molecule is CC(O[Si](C)(C)C(C)(C)C)[C@H]1C(=O)N2C(C(=O)OSc3ccccc3)C(=O)[C@@H](C)[C@H]12. The highest BCUT2D eigenvalue weighted by molar-refractivity contribution is 7.95. The Labute approximate surface area is 184 Å². The average Bonchev–Trinajstić information content (AvgIpc) is 2.87. The maximum atomic E-state index is 13.0. The lowest BCUT2D eigenvalue weighted by atomic mass is 9.79. The Hall–Kier alpha value is -1.64. The number of hydrogen-bond acceptors (Lipinski definition) is 6. The number of nitrogens with zero attached hydrogens (tertiary/aromatic N) is 1. The molecule has 30 heavy (non-hydrogen) atoms. The van der Waals surface area contributed by atoms with Crippen LogP contribution in [0.5, 0.6) is 0 Å². The van der Waals surface area contributed by atoms with E-state index in [-0.39, 0.29) is 28.9 Å². The van der Waals surface area contributed by atoms with Crippen LogP contribution in [-0.2, 0) is 23.0 Å². The highest BCUT2D eigenvalue weighted by atomic mass is 32.2. The molecule has 2 saturated heterocycles. The van der Waals surface area contributed by atoms with Crippen LogP contribution in [0.4, 0.5) is 0 Å². The van der Waals surface area contributed by atoms with Gasteiger partial charge in [0, 0.05) is 10.8 Å². The summed E-state index contributed by atoms with van der Waals surface area (Å²) in [5.74, 6) is -1.97. The van der Waals surface area contributed by atoms with Crippen LogP contribution >= 0.6 is 12.0 Å². The molecule has 5 atom stereocenters. The van der Waals surface area contributed by atoms with E-state index in [4.69, 9.17) is 8.61 Å². The molecule has 0 spiro atoms. The van der Waals surface area contributed by atoms with Crippen LogP contribution in [0.1, 0.15) is 34.6 Å². The Morgan fingerprint density at radius 1 is 1.17 bits per heavy atom. The number of hydrogen-bond donors (Lipinski definition) is 0. The normalized spacial score (nSPS) is 27.5. The molecule has 8 heteroatoms. The fourth-order valence-electron chi connectivity index (χ4n) is 4.00. The lowest BCUT2D eigenvalue weighted by molar-refractivity contribution is -0.169. The summed E-state index contributed by atoms with van der Waals surface area (Å²) in [6.45, 7) is 14.4. The van der Waals surface area contributed by atoms with E-state index in [0.29, 0.717) is 0 Å². The molecule has 2 aliphatic rings. The topological polar surface area (TPSA) is 72.9 Å². The molecule has 0 aromatic heterocycles. The van der Waals surface area contributed by atoms with Crippen molar-refractivity contribution in [3.8, 4) is 0 Å². The maximum absolute atomic E-state index is 13.0. The third-order valence-corrected chi connectivity index (χ3v) is 12.0. The number of Topliss-reactive ketones (excluding diaryl/α,β-unsaturated/α-hetero) is 1. The minimum atomic E-state index is -2.07. The Kier molecular flexibility index (Phi) is 6.24. The van der Waals surface area contributed by atoms with Crippen molar-refractivity contribution < 1.29 is 23.0 Å². The monoisotopic (exact) mass is 449 g/mol. The number of rotatable bonds is 6. The number of carbonyl (C=O) groups excluding carboxylic acids is 3. The zero-order chi connectivity index (χ0) is 22.4. The van der Waals surface area contributed by atoms with E-state index in [2.05, 4.69) is 33.9 Å². The molecule has 2 aliphatic heterocycles. The van der Waals surface area contributed by atoms with Crippen molar-refractivity contribution in [3.63, 3.8) is 0 Å². The second-order valence-electron chi connectivity index (χ2n) is 9.74. The Morgan fingerprint density at radius 3 is 2.33 bits per heavy atom. The second kappa shape index (κ2) is 8.13. The summed E-state index contributed by atoms with van der Waals surface area (Å²) in [5.41, 5.74) is 0. The standard InChI is InChI=1S/C22H31NO5SSi/c1-13-17-16(14(2)28-30(6,7)22(3,4)5)20(25)23(17)18(19(13)24)21(26)27-29-15-11-9-8-10-12-15/h8-14,16-18H,1-7H3/t13-,14?,16+,17+,18?/m0/s1. The van der Waals surface area contributed by atoms with Crippen LogP contribution in [0.2, 0.25) is 18.1 Å². The molecule has 1 amide bonds. The van der Waals surface area contributed by atoms with E-state index < -0.39 is 32.2 Å². The first-order valence-corrected chi connectivity index (χ1v) is 14.0. The maximum Gasteiger partial charge on any atom is 0.349 e. The zero-order valence-corrected chi connectivity index (χ0v) is 20.5. The first-order valence-electron chi connectivity index (χ1n) is 10.3. The quantitative estimate of drug-likeness (QED) is 0.282. The fourth-order valence-corrected chi connectivity index (χ4v) is 5.96. The van der Waals surface area contributed by atoms with Gasteiger partial charge in [0.15, 0.2) is 20.1 Å². The van der Waals surface area contributed by atoms with Gasteiger partial charge >= 0.3 is 5.97 Å². The number of amides is 1. The number of β-lactam (4-membered cyclic amide) rings is 1. The molecule has 164 valence electrons. The van der Waals surface area contributed by atoms with Gasteiger partial charge in [0.05, 0.1) is 30.1 Å². The summed E-state index contributed by atoms with van der Waals surface area (Å²) in [5, 5.41) is 0.0197. The molecule has 2 heterocycles. The molecule has 1 aromatic rings. The van der Waals surface area contributed by atoms with Gasteiger partial charge in [-0.05, 0) is 37.2 Å². The lowest BCUT2D eigenvalue weighted by Gasteiger charge is -2.50. The van der Waals surface area contributed by atoms with E-state index >= 15 is 0 Å². The summed E-state index contributed by atoms with van der Waals surface area (Å²) < 4.78 is 11.7. The minimum absolute atomic E-state index is 0.0197. The number of benzene rings is 1. The summed E-state index contributed by atoms with van der Waals surface area (Å²) in [6.07, 6.45) is -0.302. The van der Waals surface area contributed by atoms with Crippen molar-refractivity contribution in [2.45, 2.75) is 75.8 Å². The van der Waals surface area contributed by atoms with Gasteiger partial charge in [-0.15, -0.1) is 0 Å². The Bertz CT molecular complexity index is 838. The predicted octanol–water partition coefficient (Wildman–Crippen LogP) is 4.06. The molecule has 2 fully saturated rings. The first-order chi connectivity index (χ1) is 13.9. The summed E-state index contributed by atoms with van der Waals surface area (Å²) in [4.78, 5) is 40.7. The molecule has 0 aliphatic carbocycles. The summed E-state index contributed by atoms with van der Waals surface area (Å²) in [7, 11) is -2.07. The van der Waals surface area contributed by atoms with Crippen LogP contribution < -0.4 is 0 Å². The van der Waals surface area contributed by atoms with Gasteiger partial charge in [-0.3, -0.25) is 9.59 Å². The number of ketones is 1. The van der Waals surface area contributed by atoms with E-state index in [1.807, 2.05) is 37.3 Å². The Balaban J connectivity index is 1.70. The van der Waals surface area contributed by atoms with Crippen LogP contribution in [0.15, 0.2) is 35.2 Å². The predicted molar refractivity (Wildman–Crippen MR) is 118 cm³/mol. The van der Waals surface area contributed by atoms with Crippen molar-refractivity contribution in [2.24, 2.45) is 11.8 Å². The van der Waals surface area contributed by atoms with Crippen molar-refractivity contribution in [1.29, 1.82) is 0 Å². The molecular weight excluding hydrogens is 418 g/mol. The number of fused-ring (bicyclic) bond motifs is 1. The van der Waals surface area contributed by atoms with Gasteiger partial charge < -0.3 is 13.5 Å². The smallest absolute Gasteiger partial charge is 0.349 e. The first kappa shape index (κ1) is 23.0. The molecule has 2 unspecified atom stereocenters. The van der Waals surface area contributed by atoms with Gasteiger partial charge in [-0.25, -0.2) is 4.79 Å². The van der Waals surface area contributed by atoms with E-state index in [0.717, 1.165) is 16.9 Å². The minimum Gasteiger partial charge on any atom is -0.413 e. The third-order valence-electron chi connectivity index (χ3n) is 6.72. The van der Waals surface area contributed by atoms with Crippen LogP contribution in [0.25, 0.3) is 0 Å². The van der Waals surface area contributed by atoms with Crippen molar-refractivity contribution in [3.05, 3.63) is 30.3 Å². The second-order valence-corrected chi connectivity index (χ2v) is 15.3. The van der Waals surface area contributed by atoms with Gasteiger partial charge in [0.1, 0.15) is 0 Å². The molecule has 0 radical (unpaired) electrons. The molecule has 0 saturated carbocycles. The summed E-state index contributed by atoms with van der Waals surface area (Å²) in [6, 6.07) is 7.68. The highest BCUT2D eigenvalue weighted by Crippen LogP contribution is 2.46. The highest BCUT2D eigenvalue weighted by Gasteiger charge is 2.65. The van der Waals surface area contributed by atoms with Gasteiger partial charge in [0.2, 0.25) is 5.91 Å². The fraction of sp³-hybridized carbons (Fsp3) is 0.591. The van der Waals surface area contributed by atoms with Crippen molar-refractivity contribution in [1.82, 2.24) is 4.90 Å². The molecule has 3 rings (SSSR count). The zero-order valence-electron chi connectivity index (χ0n) is 18.7. The van der Waals surface area contributed by atoms with Crippen LogP contribution in [0.3, 0.4) is 0 Å². The van der Waals surface area contributed by atoms with E-state index in [9.17, 15) is 14.4 Å². The summed E-state index contributed by atoms with van der Waals surface area (Å²) >= 11 is 0.906. The molecule has 0 bridgehead atoms. The molecule has 6 nitrogen and oxygen atoms in total. The van der Waals surface area contributed by atoms with E-state index in [1.54, 1.807) is 6.92 Å². The van der Waals surface area contributed by atoms with Crippen molar-refractivity contribution >= 4 is 38.0 Å². The molecule has 0 N–H and O–H groups in total. The van der Waals surface area contributed by atoms with Crippen LogP contribution in [0, 0.1) is 11.8 Å².